The fraction of sp³-hybridized carbons (Fsp3) is 0.864. The maximum atomic E-state index is 13.0. The van der Waals surface area contributed by atoms with Gasteiger partial charge in [-0.1, -0.05) is 24.9 Å². The van der Waals surface area contributed by atoms with Gasteiger partial charge in [-0.25, -0.2) is 0 Å². The fourth-order valence-electron chi connectivity index (χ4n) is 7.48. The van der Waals surface area contributed by atoms with Crippen LogP contribution >= 0.6 is 0 Å². The fourth-order valence-corrected chi connectivity index (χ4v) is 7.48. The van der Waals surface area contributed by atoms with Crippen LogP contribution < -0.4 is 5.73 Å². The summed E-state index contributed by atoms with van der Waals surface area (Å²) in [4.78, 5) is 24.9. The Kier molecular flexibility index (Phi) is 5.27. The molecule has 4 aliphatic carbocycles. The van der Waals surface area contributed by atoms with Crippen LogP contribution in [0.1, 0.15) is 71.1 Å². The third-order valence-corrected chi connectivity index (χ3v) is 8.80. The Morgan fingerprint density at radius 2 is 2.07 bits per heavy atom. The molecule has 1 unspecified atom stereocenters. The monoisotopic (exact) mass is 390 g/mol. The predicted molar refractivity (Wildman–Crippen MR) is 105 cm³/mol. The Labute approximate surface area is 167 Å². The van der Waals surface area contributed by atoms with Crippen molar-refractivity contribution in [1.29, 1.82) is 0 Å². The topological polar surface area (TPSA) is 102 Å². The summed E-state index contributed by atoms with van der Waals surface area (Å²) in [7, 11) is 0. The van der Waals surface area contributed by atoms with Crippen LogP contribution in [-0.2, 0) is 14.3 Å². The molecule has 0 radical (unpaired) electrons. The third kappa shape index (κ3) is 2.90. The smallest absolute Gasteiger partial charge is 0.307 e. The third-order valence-electron chi connectivity index (χ3n) is 8.80. The van der Waals surface area contributed by atoms with E-state index in [0.717, 1.165) is 37.8 Å². The van der Waals surface area contributed by atoms with Gasteiger partial charge >= 0.3 is 5.97 Å². The average molecular weight is 391 g/mol. The van der Waals surface area contributed by atoms with E-state index in [9.17, 15) is 14.8 Å². The number of nitrogens with two attached hydrogens (primary N) is 1. The van der Waals surface area contributed by atoms with Crippen LogP contribution in [0.25, 0.3) is 0 Å². The molecule has 0 spiro atoms. The van der Waals surface area contributed by atoms with Crippen molar-refractivity contribution in [3.05, 3.63) is 0 Å². The van der Waals surface area contributed by atoms with Crippen LogP contribution in [0, 0.1) is 34.5 Å². The van der Waals surface area contributed by atoms with E-state index in [1.54, 1.807) is 0 Å². The lowest BCUT2D eigenvalue weighted by Gasteiger charge is -2.59. The number of rotatable bonds is 4. The summed E-state index contributed by atoms with van der Waals surface area (Å²) >= 11 is 0. The van der Waals surface area contributed by atoms with Crippen LogP contribution in [-0.4, -0.2) is 35.8 Å². The molecule has 3 N–H and O–H groups in total. The van der Waals surface area contributed by atoms with Crippen LogP contribution in [0.3, 0.4) is 0 Å². The molecule has 28 heavy (non-hydrogen) atoms. The first-order chi connectivity index (χ1) is 13.5. The summed E-state index contributed by atoms with van der Waals surface area (Å²) in [6, 6.07) is 0. The van der Waals surface area contributed by atoms with Crippen molar-refractivity contribution in [2.45, 2.75) is 71.1 Å². The van der Waals surface area contributed by atoms with Crippen LogP contribution in [0.2, 0.25) is 0 Å². The van der Waals surface area contributed by atoms with E-state index in [1.165, 1.54) is 19.3 Å². The number of ketones is 1. The Morgan fingerprint density at radius 1 is 1.25 bits per heavy atom. The Bertz CT molecular complexity index is 677. The highest BCUT2D eigenvalue weighted by atomic mass is 16.5. The van der Waals surface area contributed by atoms with Crippen molar-refractivity contribution in [2.75, 3.05) is 13.2 Å². The van der Waals surface area contributed by atoms with Crippen LogP contribution in [0.5, 0.6) is 0 Å². The summed E-state index contributed by atoms with van der Waals surface area (Å²) in [5.41, 5.74) is 6.03. The van der Waals surface area contributed by atoms with E-state index in [1.807, 2.05) is 0 Å². The van der Waals surface area contributed by atoms with E-state index in [-0.39, 0.29) is 42.7 Å². The lowest BCUT2D eigenvalue weighted by molar-refractivity contribution is -0.157. The SMILES string of the molecule is C[C@]12CCCCC1/C(=N/O)C[C@H]1[C@@H]3CCC(=O)[C@@]3(COC(=O)CCN)CC[C@@H]12. The number of hydrogen-bond acceptors (Lipinski definition) is 6. The van der Waals surface area contributed by atoms with Gasteiger partial charge in [-0.05, 0) is 61.7 Å². The zero-order valence-electron chi connectivity index (χ0n) is 17.0. The maximum absolute atomic E-state index is 13.0. The van der Waals surface area contributed by atoms with Gasteiger partial charge in [0, 0.05) is 18.9 Å². The highest BCUT2D eigenvalue weighted by Gasteiger charge is 2.63. The molecular formula is C22H34N2O4. The molecule has 6 heteroatoms. The van der Waals surface area contributed by atoms with E-state index in [4.69, 9.17) is 10.5 Å². The number of carbonyl (C=O) groups is 2. The molecule has 0 aromatic rings. The first kappa shape index (κ1) is 19.9. The van der Waals surface area contributed by atoms with Gasteiger partial charge in [0.05, 0.1) is 17.5 Å². The Balaban J connectivity index is 1.62. The molecule has 6 nitrogen and oxygen atoms in total. The zero-order valence-corrected chi connectivity index (χ0v) is 17.0. The van der Waals surface area contributed by atoms with Gasteiger partial charge in [0.25, 0.3) is 0 Å². The number of nitrogens with zero attached hydrogens (tertiary/aromatic N) is 1. The molecule has 4 fully saturated rings. The summed E-state index contributed by atoms with van der Waals surface area (Å²) in [5, 5.41) is 13.5. The van der Waals surface area contributed by atoms with Crippen molar-refractivity contribution < 1.29 is 19.5 Å². The predicted octanol–water partition coefficient (Wildman–Crippen LogP) is 3.30. The van der Waals surface area contributed by atoms with Gasteiger partial charge in [-0.3, -0.25) is 9.59 Å². The molecular weight excluding hydrogens is 356 g/mol. The molecule has 0 aliphatic heterocycles. The number of esters is 1. The minimum atomic E-state index is -0.538. The molecule has 4 rings (SSSR count). The van der Waals surface area contributed by atoms with Crippen LogP contribution in [0.4, 0.5) is 0 Å². The second-order valence-electron chi connectivity index (χ2n) is 9.83. The molecule has 4 aliphatic rings. The molecule has 0 bridgehead atoms. The van der Waals surface area contributed by atoms with Crippen LogP contribution in [0.15, 0.2) is 5.16 Å². The molecule has 0 heterocycles. The van der Waals surface area contributed by atoms with Crippen molar-refractivity contribution in [3.8, 4) is 0 Å². The lowest BCUT2D eigenvalue weighted by atomic mass is 9.45. The van der Waals surface area contributed by atoms with E-state index in [2.05, 4.69) is 12.1 Å². The number of fused-ring (bicyclic) bond motifs is 5. The van der Waals surface area contributed by atoms with Gasteiger partial charge in [0.15, 0.2) is 0 Å². The summed E-state index contributed by atoms with van der Waals surface area (Å²) in [6.07, 6.45) is 9.00. The number of hydrogen-bond donors (Lipinski definition) is 2. The largest absolute Gasteiger partial charge is 0.465 e. The quantitative estimate of drug-likeness (QED) is 0.436. The van der Waals surface area contributed by atoms with Crippen molar-refractivity contribution in [3.63, 3.8) is 0 Å². The number of carbonyl (C=O) groups excluding carboxylic acids is 2. The molecule has 0 aromatic heterocycles. The lowest BCUT2D eigenvalue weighted by Crippen LogP contribution is -2.57. The molecule has 6 atom stereocenters. The highest BCUT2D eigenvalue weighted by Crippen LogP contribution is 2.65. The number of ether oxygens (including phenoxy) is 1. The minimum absolute atomic E-state index is 0.163. The van der Waals surface area contributed by atoms with Gasteiger partial charge in [-0.15, -0.1) is 0 Å². The normalized spacial score (nSPS) is 43.9. The van der Waals surface area contributed by atoms with Gasteiger partial charge < -0.3 is 15.7 Å². The zero-order chi connectivity index (χ0) is 19.9. The minimum Gasteiger partial charge on any atom is -0.465 e. The molecule has 156 valence electrons. The van der Waals surface area contributed by atoms with Gasteiger partial charge in [-0.2, -0.15) is 0 Å². The van der Waals surface area contributed by atoms with E-state index in [0.29, 0.717) is 24.2 Å². The molecule has 0 aromatic carbocycles. The first-order valence-corrected chi connectivity index (χ1v) is 11.1. The van der Waals surface area contributed by atoms with Crippen molar-refractivity contribution in [1.82, 2.24) is 0 Å². The first-order valence-electron chi connectivity index (χ1n) is 11.1. The second kappa shape index (κ2) is 7.43. The van der Waals surface area contributed by atoms with Gasteiger partial charge in [0.1, 0.15) is 12.4 Å². The molecule has 0 amide bonds. The Hall–Kier alpha value is -1.43. The standard InChI is InChI=1S/C22H34N2O4/c1-21-9-3-2-4-17(21)18(24-27)12-14-15(21)7-10-22(13-28-20(26)8-11-23)16(14)5-6-19(22)25/h14-17,27H,2-13,23H2,1H3/b24-18+/t14-,15+,16+,17?,21-,22-/m1/s1. The summed E-state index contributed by atoms with van der Waals surface area (Å²) in [6.45, 7) is 2.86. The van der Waals surface area contributed by atoms with Gasteiger partial charge in [0.2, 0.25) is 0 Å². The van der Waals surface area contributed by atoms with E-state index < -0.39 is 5.41 Å². The molecule has 4 saturated carbocycles. The number of Topliss-reactive ketones (excluding diaryl/α,β-unsaturated/α-hetero) is 1. The summed E-state index contributed by atoms with van der Waals surface area (Å²) in [5.74, 6) is 1.46. The van der Waals surface area contributed by atoms with Crippen molar-refractivity contribution >= 4 is 17.5 Å². The number of oxime groups is 1. The van der Waals surface area contributed by atoms with E-state index >= 15 is 0 Å². The van der Waals surface area contributed by atoms with Crippen molar-refractivity contribution in [2.24, 2.45) is 45.4 Å². The second-order valence-corrected chi connectivity index (χ2v) is 9.83. The Morgan fingerprint density at radius 3 is 2.82 bits per heavy atom. The maximum Gasteiger partial charge on any atom is 0.307 e. The highest BCUT2D eigenvalue weighted by molar-refractivity contribution is 5.90. The average Bonchev–Trinajstić information content (AvgIpc) is 3.03. The molecule has 0 saturated heterocycles. The summed E-state index contributed by atoms with van der Waals surface area (Å²) < 4.78 is 5.54.